The van der Waals surface area contributed by atoms with Crippen LogP contribution < -0.4 is 0 Å². The number of aryl methyl sites for hydroxylation is 2. The summed E-state index contributed by atoms with van der Waals surface area (Å²) in [7, 11) is -1.61. The fourth-order valence-electron chi connectivity index (χ4n) is 3.12. The maximum Gasteiger partial charge on any atom is 0.0904 e. The molecule has 2 aromatic carbocycles. The van der Waals surface area contributed by atoms with Crippen LogP contribution in [0.5, 0.6) is 0 Å². The minimum Gasteiger partial charge on any atom is -0.326 e. The molecule has 1 heterocycles. The highest BCUT2D eigenvalue weighted by Gasteiger charge is 2.34. The Morgan fingerprint density at radius 2 is 1.10 bits per heavy atom. The summed E-state index contributed by atoms with van der Waals surface area (Å²) in [6, 6.07) is 17.1. The molecule has 0 aliphatic carbocycles. The lowest BCUT2D eigenvalue weighted by Crippen LogP contribution is -1.90. The van der Waals surface area contributed by atoms with Gasteiger partial charge in [0.15, 0.2) is 0 Å². The molecule has 3 rings (SSSR count). The number of rotatable bonds is 2. The molecule has 1 aliphatic heterocycles. The summed E-state index contributed by atoms with van der Waals surface area (Å²) in [6.07, 6.45) is 2.11. The molecular formula is C18H21OP. The lowest BCUT2D eigenvalue weighted by atomic mass is 10.0. The fourth-order valence-corrected chi connectivity index (χ4v) is 5.55. The van der Waals surface area contributed by atoms with E-state index >= 15 is 0 Å². The third-order valence-electron chi connectivity index (χ3n) is 4.39. The SMILES string of the molecule is Cc1ccc([C@H]2CC[C@H](c3ccc(C)cc3)[PH]2=O)cc1. The van der Waals surface area contributed by atoms with Crippen LogP contribution in [0.1, 0.15) is 46.4 Å². The van der Waals surface area contributed by atoms with Gasteiger partial charge in [-0.3, -0.25) is 0 Å². The minimum absolute atomic E-state index is 0.270. The normalized spacial score (nSPS) is 23.1. The van der Waals surface area contributed by atoms with Gasteiger partial charge in [-0.1, -0.05) is 59.7 Å². The molecule has 0 radical (unpaired) electrons. The monoisotopic (exact) mass is 284 g/mol. The molecule has 0 aromatic heterocycles. The first-order valence-electron chi connectivity index (χ1n) is 7.32. The van der Waals surface area contributed by atoms with E-state index in [-0.39, 0.29) is 11.3 Å². The summed E-state index contributed by atoms with van der Waals surface area (Å²) in [5.74, 6) is 0. The second-order valence-electron chi connectivity index (χ2n) is 5.91. The van der Waals surface area contributed by atoms with Crippen LogP contribution in [-0.2, 0) is 4.57 Å². The summed E-state index contributed by atoms with van der Waals surface area (Å²) in [6.45, 7) is 4.19. The Balaban J connectivity index is 1.83. The highest BCUT2D eigenvalue weighted by atomic mass is 31.1. The summed E-state index contributed by atoms with van der Waals surface area (Å²) < 4.78 is 12.9. The molecule has 2 aromatic rings. The quantitative estimate of drug-likeness (QED) is 0.671. The molecule has 0 amide bonds. The molecule has 1 fully saturated rings. The molecule has 104 valence electrons. The van der Waals surface area contributed by atoms with Crippen molar-refractivity contribution < 1.29 is 4.57 Å². The molecule has 2 atom stereocenters. The average molecular weight is 284 g/mol. The van der Waals surface area contributed by atoms with Gasteiger partial charge in [0.2, 0.25) is 0 Å². The van der Waals surface area contributed by atoms with Crippen molar-refractivity contribution in [2.24, 2.45) is 0 Å². The second kappa shape index (κ2) is 5.58. The van der Waals surface area contributed by atoms with Gasteiger partial charge in [-0.25, -0.2) is 0 Å². The molecule has 20 heavy (non-hydrogen) atoms. The second-order valence-corrected chi connectivity index (χ2v) is 8.10. The van der Waals surface area contributed by atoms with Gasteiger partial charge >= 0.3 is 0 Å². The first-order chi connectivity index (χ1) is 9.65. The van der Waals surface area contributed by atoms with Crippen LogP contribution in [-0.4, -0.2) is 0 Å². The van der Waals surface area contributed by atoms with Crippen molar-refractivity contribution in [3.63, 3.8) is 0 Å². The summed E-state index contributed by atoms with van der Waals surface area (Å²) in [4.78, 5) is 0. The predicted molar refractivity (Wildman–Crippen MR) is 86.1 cm³/mol. The van der Waals surface area contributed by atoms with E-state index < -0.39 is 7.80 Å². The standard InChI is InChI=1S/C18H21OP/c1-13-3-7-15(8-4-13)17-11-12-18(20(17)19)16-9-5-14(2)6-10-16/h3-10,17-18,20H,11-12H2,1-2H3/t17-,18-/m1/s1. The van der Waals surface area contributed by atoms with Crippen LogP contribution in [0.25, 0.3) is 0 Å². The third kappa shape index (κ3) is 2.60. The van der Waals surface area contributed by atoms with Gasteiger partial charge in [0, 0.05) is 11.3 Å². The molecule has 0 saturated carbocycles. The maximum atomic E-state index is 12.9. The molecular weight excluding hydrogens is 263 g/mol. The van der Waals surface area contributed by atoms with Crippen molar-refractivity contribution in [1.29, 1.82) is 0 Å². The van der Waals surface area contributed by atoms with Gasteiger partial charge in [-0.15, -0.1) is 0 Å². The summed E-state index contributed by atoms with van der Waals surface area (Å²) >= 11 is 0. The topological polar surface area (TPSA) is 17.1 Å². The Kier molecular flexibility index (Phi) is 3.81. The fraction of sp³-hybridized carbons (Fsp3) is 0.333. The van der Waals surface area contributed by atoms with Gasteiger partial charge in [0.25, 0.3) is 0 Å². The Labute approximate surface area is 121 Å². The average Bonchev–Trinajstić information content (AvgIpc) is 2.83. The van der Waals surface area contributed by atoms with E-state index in [1.807, 2.05) is 0 Å². The van der Waals surface area contributed by atoms with Gasteiger partial charge in [0.1, 0.15) is 0 Å². The molecule has 0 spiro atoms. The molecule has 0 unspecified atom stereocenters. The van der Waals surface area contributed by atoms with Crippen molar-refractivity contribution in [1.82, 2.24) is 0 Å². The molecule has 0 bridgehead atoms. The van der Waals surface area contributed by atoms with Crippen molar-refractivity contribution in [2.75, 3.05) is 0 Å². The van der Waals surface area contributed by atoms with Crippen molar-refractivity contribution in [3.05, 3.63) is 70.8 Å². The van der Waals surface area contributed by atoms with Crippen molar-refractivity contribution in [2.45, 2.75) is 38.0 Å². The highest BCUT2D eigenvalue weighted by Crippen LogP contribution is 2.62. The van der Waals surface area contributed by atoms with Gasteiger partial charge in [0.05, 0.1) is 7.80 Å². The van der Waals surface area contributed by atoms with E-state index in [4.69, 9.17) is 0 Å². The van der Waals surface area contributed by atoms with E-state index in [0.717, 1.165) is 12.8 Å². The molecule has 1 aliphatic rings. The Hall–Kier alpha value is -1.33. The smallest absolute Gasteiger partial charge is 0.0904 e. The lowest BCUT2D eigenvalue weighted by molar-refractivity contribution is 0.581. The van der Waals surface area contributed by atoms with E-state index in [2.05, 4.69) is 62.4 Å². The largest absolute Gasteiger partial charge is 0.326 e. The number of benzene rings is 2. The summed E-state index contributed by atoms with van der Waals surface area (Å²) in [5, 5.41) is 0. The van der Waals surface area contributed by atoms with Crippen LogP contribution in [0.15, 0.2) is 48.5 Å². The molecule has 1 saturated heterocycles. The summed E-state index contributed by atoms with van der Waals surface area (Å²) in [5.41, 5.74) is 5.59. The third-order valence-corrected chi connectivity index (χ3v) is 7.01. The predicted octanol–water partition coefficient (Wildman–Crippen LogP) is 5.44. The van der Waals surface area contributed by atoms with Gasteiger partial charge in [-0.2, -0.15) is 0 Å². The van der Waals surface area contributed by atoms with Crippen molar-refractivity contribution >= 4 is 7.80 Å². The Morgan fingerprint density at radius 1 is 0.750 bits per heavy atom. The van der Waals surface area contributed by atoms with Gasteiger partial charge in [-0.05, 0) is 37.8 Å². The Bertz CT molecular complexity index is 557. The first-order valence-corrected chi connectivity index (χ1v) is 8.88. The van der Waals surface area contributed by atoms with E-state index in [9.17, 15) is 4.57 Å². The maximum absolute atomic E-state index is 12.9. The van der Waals surface area contributed by atoms with Gasteiger partial charge < -0.3 is 4.57 Å². The molecule has 2 heteroatoms. The van der Waals surface area contributed by atoms with Crippen LogP contribution in [0.2, 0.25) is 0 Å². The van der Waals surface area contributed by atoms with E-state index in [1.54, 1.807) is 0 Å². The van der Waals surface area contributed by atoms with Crippen LogP contribution >= 0.6 is 7.80 Å². The lowest BCUT2D eigenvalue weighted by Gasteiger charge is -2.13. The zero-order valence-electron chi connectivity index (χ0n) is 12.1. The zero-order chi connectivity index (χ0) is 14.1. The highest BCUT2D eigenvalue weighted by molar-refractivity contribution is 7.46. The Morgan fingerprint density at radius 3 is 1.45 bits per heavy atom. The molecule has 1 nitrogen and oxygen atoms in total. The van der Waals surface area contributed by atoms with Crippen LogP contribution in [0, 0.1) is 13.8 Å². The first kappa shape index (κ1) is 13.6. The zero-order valence-corrected chi connectivity index (χ0v) is 13.1. The van der Waals surface area contributed by atoms with Crippen LogP contribution in [0.4, 0.5) is 0 Å². The molecule has 0 N–H and O–H groups in total. The minimum atomic E-state index is -1.61. The van der Waals surface area contributed by atoms with Crippen molar-refractivity contribution in [3.8, 4) is 0 Å². The number of hydrogen-bond acceptors (Lipinski definition) is 1. The van der Waals surface area contributed by atoms with Crippen LogP contribution in [0.3, 0.4) is 0 Å². The van der Waals surface area contributed by atoms with E-state index in [0.29, 0.717) is 0 Å². The van der Waals surface area contributed by atoms with E-state index in [1.165, 1.54) is 22.3 Å². The number of hydrogen-bond donors (Lipinski definition) is 0.